The minimum Gasteiger partial charge on any atom is -0.376 e. The van der Waals surface area contributed by atoms with E-state index in [1.54, 1.807) is 48.3 Å². The normalized spacial score (nSPS) is 13.1. The molecule has 3 amide bonds. The highest BCUT2D eigenvalue weighted by Crippen LogP contribution is 2.17. The maximum atomic E-state index is 12.8. The van der Waals surface area contributed by atoms with Crippen LogP contribution in [-0.4, -0.2) is 54.2 Å². The Morgan fingerprint density at radius 3 is 2.25 bits per heavy atom. The molecule has 3 aromatic carbocycles. The molecule has 7 nitrogen and oxygen atoms in total. The van der Waals surface area contributed by atoms with Crippen LogP contribution in [0, 0.1) is 0 Å². The van der Waals surface area contributed by atoms with Crippen molar-refractivity contribution in [2.75, 3.05) is 37.3 Å². The van der Waals surface area contributed by atoms with E-state index in [4.69, 9.17) is 0 Å². The van der Waals surface area contributed by atoms with E-state index in [0.717, 1.165) is 37.2 Å². The SMILES string of the molecule is CN(Cc1ccccc1)C(=O)c1cccc(NC(=O)CNc2ccc(C(=O)N3CCCCC3)cc2)c1. The summed E-state index contributed by atoms with van der Waals surface area (Å²) in [6.07, 6.45) is 3.30. The number of hydrogen-bond acceptors (Lipinski definition) is 4. The molecule has 0 aromatic heterocycles. The van der Waals surface area contributed by atoms with Crippen molar-refractivity contribution in [3.63, 3.8) is 0 Å². The van der Waals surface area contributed by atoms with E-state index >= 15 is 0 Å². The van der Waals surface area contributed by atoms with Gasteiger partial charge in [-0.15, -0.1) is 0 Å². The topological polar surface area (TPSA) is 81.8 Å². The lowest BCUT2D eigenvalue weighted by molar-refractivity contribution is -0.114. The number of benzene rings is 3. The Morgan fingerprint density at radius 1 is 0.806 bits per heavy atom. The van der Waals surface area contributed by atoms with Crippen LogP contribution in [0.1, 0.15) is 45.5 Å². The molecule has 0 aliphatic carbocycles. The molecular weight excluding hydrogens is 452 g/mol. The second kappa shape index (κ2) is 12.0. The molecule has 1 aliphatic rings. The van der Waals surface area contributed by atoms with Gasteiger partial charge in [0.1, 0.15) is 0 Å². The molecule has 7 heteroatoms. The monoisotopic (exact) mass is 484 g/mol. The number of likely N-dealkylation sites (tertiary alicyclic amines) is 1. The van der Waals surface area contributed by atoms with Crippen molar-refractivity contribution in [2.45, 2.75) is 25.8 Å². The number of carbonyl (C=O) groups excluding carboxylic acids is 3. The Morgan fingerprint density at radius 2 is 1.53 bits per heavy atom. The number of piperidine rings is 1. The lowest BCUT2D eigenvalue weighted by Crippen LogP contribution is -2.35. The van der Waals surface area contributed by atoms with Gasteiger partial charge in [-0.1, -0.05) is 36.4 Å². The van der Waals surface area contributed by atoms with Crippen LogP contribution >= 0.6 is 0 Å². The molecule has 0 radical (unpaired) electrons. The third-order valence-corrected chi connectivity index (χ3v) is 6.23. The van der Waals surface area contributed by atoms with Crippen molar-refractivity contribution in [3.8, 4) is 0 Å². The van der Waals surface area contributed by atoms with Crippen LogP contribution in [0.4, 0.5) is 11.4 Å². The second-order valence-electron chi connectivity index (χ2n) is 9.06. The number of nitrogens with zero attached hydrogens (tertiary/aromatic N) is 2. The molecule has 0 saturated carbocycles. The van der Waals surface area contributed by atoms with E-state index in [0.29, 0.717) is 23.4 Å². The van der Waals surface area contributed by atoms with Crippen LogP contribution < -0.4 is 10.6 Å². The number of hydrogen-bond donors (Lipinski definition) is 2. The van der Waals surface area contributed by atoms with Crippen molar-refractivity contribution < 1.29 is 14.4 Å². The zero-order valence-corrected chi connectivity index (χ0v) is 20.6. The van der Waals surface area contributed by atoms with Gasteiger partial charge in [-0.3, -0.25) is 14.4 Å². The van der Waals surface area contributed by atoms with Gasteiger partial charge >= 0.3 is 0 Å². The summed E-state index contributed by atoms with van der Waals surface area (Å²) in [5, 5.41) is 5.92. The van der Waals surface area contributed by atoms with Crippen LogP contribution in [0.3, 0.4) is 0 Å². The molecular formula is C29H32N4O3. The molecule has 1 fully saturated rings. The van der Waals surface area contributed by atoms with Crippen LogP contribution in [0.2, 0.25) is 0 Å². The Labute approximate surface area is 212 Å². The molecule has 1 saturated heterocycles. The first-order valence-corrected chi connectivity index (χ1v) is 12.3. The van der Waals surface area contributed by atoms with Crippen molar-refractivity contribution >= 4 is 29.1 Å². The highest BCUT2D eigenvalue weighted by Gasteiger charge is 2.18. The molecule has 1 heterocycles. The molecule has 3 aromatic rings. The summed E-state index contributed by atoms with van der Waals surface area (Å²) in [7, 11) is 1.76. The minimum atomic E-state index is -0.231. The first-order valence-electron chi connectivity index (χ1n) is 12.3. The van der Waals surface area contributed by atoms with Crippen LogP contribution in [-0.2, 0) is 11.3 Å². The van der Waals surface area contributed by atoms with Crippen molar-refractivity contribution in [3.05, 3.63) is 95.6 Å². The Kier molecular flexibility index (Phi) is 8.34. The number of rotatable bonds is 8. The summed E-state index contributed by atoms with van der Waals surface area (Å²) in [5.74, 6) is -0.291. The fourth-order valence-corrected chi connectivity index (χ4v) is 4.28. The summed E-state index contributed by atoms with van der Waals surface area (Å²) in [6, 6.07) is 23.9. The smallest absolute Gasteiger partial charge is 0.253 e. The number of anilines is 2. The van der Waals surface area contributed by atoms with Crippen molar-refractivity contribution in [1.82, 2.24) is 9.80 Å². The molecule has 0 unspecified atom stereocenters. The van der Waals surface area contributed by atoms with E-state index in [9.17, 15) is 14.4 Å². The Balaban J connectivity index is 1.28. The minimum absolute atomic E-state index is 0.0582. The van der Waals surface area contributed by atoms with E-state index in [2.05, 4.69) is 10.6 Å². The number of amides is 3. The van der Waals surface area contributed by atoms with Crippen LogP contribution in [0.15, 0.2) is 78.9 Å². The zero-order valence-electron chi connectivity index (χ0n) is 20.6. The summed E-state index contributed by atoms with van der Waals surface area (Å²) in [4.78, 5) is 41.5. The predicted molar refractivity (Wildman–Crippen MR) is 142 cm³/mol. The molecule has 186 valence electrons. The van der Waals surface area contributed by atoms with E-state index in [1.807, 2.05) is 47.4 Å². The number of nitrogens with one attached hydrogen (secondary N) is 2. The molecule has 4 rings (SSSR count). The second-order valence-corrected chi connectivity index (χ2v) is 9.06. The van der Waals surface area contributed by atoms with Crippen LogP contribution in [0.25, 0.3) is 0 Å². The Hall–Kier alpha value is -4.13. The summed E-state index contributed by atoms with van der Waals surface area (Å²) in [5.41, 5.74) is 3.53. The van der Waals surface area contributed by atoms with Gasteiger partial charge < -0.3 is 20.4 Å². The molecule has 0 bridgehead atoms. The third kappa shape index (κ3) is 6.72. The zero-order chi connectivity index (χ0) is 25.3. The highest BCUT2D eigenvalue weighted by atomic mass is 16.2. The van der Waals surface area contributed by atoms with E-state index < -0.39 is 0 Å². The van der Waals surface area contributed by atoms with E-state index in [-0.39, 0.29) is 24.3 Å². The molecule has 36 heavy (non-hydrogen) atoms. The summed E-state index contributed by atoms with van der Waals surface area (Å²) < 4.78 is 0. The van der Waals surface area contributed by atoms with Gasteiger partial charge in [0.2, 0.25) is 5.91 Å². The van der Waals surface area contributed by atoms with Crippen molar-refractivity contribution in [1.29, 1.82) is 0 Å². The molecule has 0 atom stereocenters. The van der Waals surface area contributed by atoms with Crippen molar-refractivity contribution in [2.24, 2.45) is 0 Å². The van der Waals surface area contributed by atoms with Gasteiger partial charge in [-0.05, 0) is 67.3 Å². The first-order chi connectivity index (χ1) is 17.5. The highest BCUT2D eigenvalue weighted by molar-refractivity contribution is 5.98. The lowest BCUT2D eigenvalue weighted by Gasteiger charge is -2.26. The average molecular weight is 485 g/mol. The first kappa shape index (κ1) is 25.0. The van der Waals surface area contributed by atoms with Gasteiger partial charge in [0, 0.05) is 49.2 Å². The van der Waals surface area contributed by atoms with Gasteiger partial charge in [-0.2, -0.15) is 0 Å². The van der Waals surface area contributed by atoms with E-state index in [1.165, 1.54) is 6.42 Å². The van der Waals surface area contributed by atoms with Crippen LogP contribution in [0.5, 0.6) is 0 Å². The van der Waals surface area contributed by atoms with Gasteiger partial charge in [0.05, 0.1) is 6.54 Å². The number of carbonyl (C=O) groups is 3. The Bertz CT molecular complexity index is 1190. The maximum absolute atomic E-state index is 12.8. The van der Waals surface area contributed by atoms with Gasteiger partial charge in [-0.25, -0.2) is 0 Å². The lowest BCUT2D eigenvalue weighted by atomic mass is 10.1. The predicted octanol–water partition coefficient (Wildman–Crippen LogP) is 4.64. The molecule has 0 spiro atoms. The summed E-state index contributed by atoms with van der Waals surface area (Å²) in [6.45, 7) is 2.19. The maximum Gasteiger partial charge on any atom is 0.253 e. The third-order valence-electron chi connectivity index (χ3n) is 6.23. The summed E-state index contributed by atoms with van der Waals surface area (Å²) >= 11 is 0. The molecule has 1 aliphatic heterocycles. The fraction of sp³-hybridized carbons (Fsp3) is 0.276. The van der Waals surface area contributed by atoms with Gasteiger partial charge in [0.25, 0.3) is 11.8 Å². The molecule has 2 N–H and O–H groups in total. The largest absolute Gasteiger partial charge is 0.376 e. The quantitative estimate of drug-likeness (QED) is 0.488. The fourth-order valence-electron chi connectivity index (χ4n) is 4.28. The van der Waals surface area contributed by atoms with Gasteiger partial charge in [0.15, 0.2) is 0 Å². The standard InChI is InChI=1S/C29H32N4O3/c1-32(21-22-9-4-2-5-10-22)28(35)24-11-8-12-26(19-24)31-27(34)20-30-25-15-13-23(14-16-25)29(36)33-17-6-3-7-18-33/h2,4-5,8-16,19,30H,3,6-7,17-18,20-21H2,1H3,(H,31,34). The average Bonchev–Trinajstić information content (AvgIpc) is 2.92.